The van der Waals surface area contributed by atoms with Gasteiger partial charge in [-0.15, -0.1) is 5.10 Å². The highest BCUT2D eigenvalue weighted by Crippen LogP contribution is 2.21. The number of tetrazole rings is 1. The van der Waals surface area contributed by atoms with Crippen LogP contribution in [0, 0.1) is 0 Å². The van der Waals surface area contributed by atoms with Gasteiger partial charge >= 0.3 is 0 Å². The maximum Gasteiger partial charge on any atom is 0.224 e. The van der Waals surface area contributed by atoms with E-state index in [1.807, 2.05) is 42.6 Å². The van der Waals surface area contributed by atoms with Crippen LogP contribution in [0.3, 0.4) is 0 Å². The van der Waals surface area contributed by atoms with Crippen LogP contribution in [0.1, 0.15) is 18.4 Å². The van der Waals surface area contributed by atoms with Crippen molar-refractivity contribution in [1.29, 1.82) is 0 Å². The molecule has 0 unspecified atom stereocenters. The third-order valence-corrected chi connectivity index (χ3v) is 4.55. The van der Waals surface area contributed by atoms with Gasteiger partial charge in [0.15, 0.2) is 5.82 Å². The van der Waals surface area contributed by atoms with Gasteiger partial charge in [-0.05, 0) is 47.0 Å². The van der Waals surface area contributed by atoms with E-state index < -0.39 is 0 Å². The molecule has 0 atom stereocenters. The van der Waals surface area contributed by atoms with Gasteiger partial charge in [-0.3, -0.25) is 4.79 Å². The number of aromatic nitrogens is 5. The topological polar surface area (TPSA) is 88.5 Å². The van der Waals surface area contributed by atoms with Gasteiger partial charge in [-0.2, -0.15) is 0 Å². The maximum atomic E-state index is 12.3. The molecule has 2 aromatic heterocycles. The van der Waals surface area contributed by atoms with Gasteiger partial charge in [-0.25, -0.2) is 4.68 Å². The SMILES string of the molecule is Cn1nnnc1-c1cccc(NC(=O)CCCc2c[nH]c3ccccc23)c1. The number of aromatic amines is 1. The summed E-state index contributed by atoms with van der Waals surface area (Å²) in [6, 6.07) is 15.8. The van der Waals surface area contributed by atoms with Gasteiger partial charge in [0.25, 0.3) is 0 Å². The number of anilines is 1. The zero-order chi connectivity index (χ0) is 18.6. The van der Waals surface area contributed by atoms with E-state index in [0.29, 0.717) is 12.2 Å². The van der Waals surface area contributed by atoms with Gasteiger partial charge in [-0.1, -0.05) is 30.3 Å². The summed E-state index contributed by atoms with van der Waals surface area (Å²) in [7, 11) is 1.78. The van der Waals surface area contributed by atoms with Crippen LogP contribution < -0.4 is 5.32 Å². The van der Waals surface area contributed by atoms with E-state index in [1.54, 1.807) is 11.7 Å². The van der Waals surface area contributed by atoms with Crippen molar-refractivity contribution in [3.05, 3.63) is 60.3 Å². The number of carbonyl (C=O) groups excluding carboxylic acids is 1. The number of para-hydroxylation sites is 1. The molecule has 4 rings (SSSR count). The van der Waals surface area contributed by atoms with Crippen LogP contribution in [0.25, 0.3) is 22.3 Å². The fraction of sp³-hybridized carbons (Fsp3) is 0.200. The fourth-order valence-corrected chi connectivity index (χ4v) is 3.21. The predicted octanol–water partition coefficient (Wildman–Crippen LogP) is 3.32. The van der Waals surface area contributed by atoms with Gasteiger partial charge in [0, 0.05) is 41.8 Å². The molecule has 0 spiro atoms. The highest BCUT2D eigenvalue weighted by molar-refractivity contribution is 5.91. The summed E-state index contributed by atoms with van der Waals surface area (Å²) < 4.78 is 1.60. The first-order valence-corrected chi connectivity index (χ1v) is 8.88. The molecule has 136 valence electrons. The Morgan fingerprint density at radius 3 is 2.93 bits per heavy atom. The Kier molecular flexibility index (Phi) is 4.65. The zero-order valence-corrected chi connectivity index (χ0v) is 15.0. The van der Waals surface area contributed by atoms with Crippen molar-refractivity contribution in [2.75, 3.05) is 5.32 Å². The number of aryl methyl sites for hydroxylation is 2. The average Bonchev–Trinajstić information content (AvgIpc) is 3.28. The van der Waals surface area contributed by atoms with E-state index in [1.165, 1.54) is 10.9 Å². The lowest BCUT2D eigenvalue weighted by Crippen LogP contribution is -2.11. The first kappa shape index (κ1) is 17.0. The molecule has 0 bridgehead atoms. The second kappa shape index (κ2) is 7.41. The molecule has 0 saturated heterocycles. The van der Waals surface area contributed by atoms with Crippen molar-refractivity contribution in [1.82, 2.24) is 25.2 Å². The summed E-state index contributed by atoms with van der Waals surface area (Å²) in [4.78, 5) is 15.6. The smallest absolute Gasteiger partial charge is 0.224 e. The van der Waals surface area contributed by atoms with E-state index in [4.69, 9.17) is 0 Å². The number of amides is 1. The lowest BCUT2D eigenvalue weighted by molar-refractivity contribution is -0.116. The number of benzene rings is 2. The summed E-state index contributed by atoms with van der Waals surface area (Å²) >= 11 is 0. The average molecular weight is 360 g/mol. The van der Waals surface area contributed by atoms with E-state index in [9.17, 15) is 4.79 Å². The molecule has 0 aliphatic rings. The number of H-pyrrole nitrogens is 1. The second-order valence-electron chi connectivity index (χ2n) is 6.47. The number of fused-ring (bicyclic) bond motifs is 1. The van der Waals surface area contributed by atoms with Crippen molar-refractivity contribution in [3.8, 4) is 11.4 Å². The number of rotatable bonds is 6. The first-order chi connectivity index (χ1) is 13.2. The molecular formula is C20H20N6O. The highest BCUT2D eigenvalue weighted by atomic mass is 16.1. The van der Waals surface area contributed by atoms with E-state index in [-0.39, 0.29) is 5.91 Å². The third kappa shape index (κ3) is 3.72. The molecule has 7 heteroatoms. The molecule has 27 heavy (non-hydrogen) atoms. The molecule has 2 heterocycles. The summed E-state index contributed by atoms with van der Waals surface area (Å²) in [5, 5.41) is 15.7. The minimum absolute atomic E-state index is 0.00285. The Morgan fingerprint density at radius 2 is 2.07 bits per heavy atom. The molecule has 4 aromatic rings. The molecule has 0 radical (unpaired) electrons. The van der Waals surface area contributed by atoms with Crippen LogP contribution in [0.5, 0.6) is 0 Å². The van der Waals surface area contributed by atoms with Crippen molar-refractivity contribution in [2.45, 2.75) is 19.3 Å². The first-order valence-electron chi connectivity index (χ1n) is 8.88. The summed E-state index contributed by atoms with van der Waals surface area (Å²) in [5.41, 5.74) is 3.98. The zero-order valence-electron chi connectivity index (χ0n) is 15.0. The summed E-state index contributed by atoms with van der Waals surface area (Å²) in [5.74, 6) is 0.661. The van der Waals surface area contributed by atoms with Crippen molar-refractivity contribution >= 4 is 22.5 Å². The van der Waals surface area contributed by atoms with Crippen LogP contribution in [-0.2, 0) is 18.3 Å². The van der Waals surface area contributed by atoms with Crippen LogP contribution in [0.15, 0.2) is 54.7 Å². The third-order valence-electron chi connectivity index (χ3n) is 4.55. The number of hydrogen-bond donors (Lipinski definition) is 2. The molecule has 1 amide bonds. The van der Waals surface area contributed by atoms with E-state index in [2.05, 4.69) is 38.0 Å². The Bertz CT molecular complexity index is 1080. The summed E-state index contributed by atoms with van der Waals surface area (Å²) in [6.45, 7) is 0. The number of hydrogen-bond acceptors (Lipinski definition) is 4. The fourth-order valence-electron chi connectivity index (χ4n) is 3.21. The molecule has 0 fully saturated rings. The predicted molar refractivity (Wildman–Crippen MR) is 104 cm³/mol. The van der Waals surface area contributed by atoms with Gasteiger partial charge in [0.05, 0.1) is 0 Å². The van der Waals surface area contributed by atoms with E-state index >= 15 is 0 Å². The van der Waals surface area contributed by atoms with Gasteiger partial charge < -0.3 is 10.3 Å². The van der Waals surface area contributed by atoms with Crippen molar-refractivity contribution in [3.63, 3.8) is 0 Å². The number of carbonyl (C=O) groups is 1. The Balaban J connectivity index is 1.35. The van der Waals surface area contributed by atoms with E-state index in [0.717, 1.165) is 29.6 Å². The monoisotopic (exact) mass is 360 g/mol. The second-order valence-corrected chi connectivity index (χ2v) is 6.47. The molecule has 2 aromatic carbocycles. The Labute approximate surface area is 156 Å². The lowest BCUT2D eigenvalue weighted by atomic mass is 10.1. The van der Waals surface area contributed by atoms with Crippen LogP contribution in [0.2, 0.25) is 0 Å². The molecule has 7 nitrogen and oxygen atoms in total. The van der Waals surface area contributed by atoms with Crippen LogP contribution >= 0.6 is 0 Å². The summed E-state index contributed by atoms with van der Waals surface area (Å²) in [6.07, 6.45) is 4.15. The van der Waals surface area contributed by atoms with Crippen molar-refractivity contribution in [2.24, 2.45) is 7.05 Å². The van der Waals surface area contributed by atoms with Crippen molar-refractivity contribution < 1.29 is 4.79 Å². The molecule has 2 N–H and O–H groups in total. The van der Waals surface area contributed by atoms with Gasteiger partial charge in [0.2, 0.25) is 5.91 Å². The quantitative estimate of drug-likeness (QED) is 0.552. The molecule has 0 aliphatic carbocycles. The molecule has 0 saturated carbocycles. The normalized spacial score (nSPS) is 11.0. The van der Waals surface area contributed by atoms with Crippen LogP contribution in [-0.4, -0.2) is 31.1 Å². The number of nitrogens with zero attached hydrogens (tertiary/aromatic N) is 4. The largest absolute Gasteiger partial charge is 0.361 e. The minimum Gasteiger partial charge on any atom is -0.361 e. The van der Waals surface area contributed by atoms with Crippen LogP contribution in [0.4, 0.5) is 5.69 Å². The maximum absolute atomic E-state index is 12.3. The molecular weight excluding hydrogens is 340 g/mol. The minimum atomic E-state index is 0.00285. The highest BCUT2D eigenvalue weighted by Gasteiger charge is 2.09. The Hall–Kier alpha value is -3.48. The molecule has 0 aliphatic heterocycles. The Morgan fingerprint density at radius 1 is 1.19 bits per heavy atom. The van der Waals surface area contributed by atoms with Gasteiger partial charge in [0.1, 0.15) is 0 Å². The lowest BCUT2D eigenvalue weighted by Gasteiger charge is -2.07. The standard InChI is InChI=1S/C20H20N6O/c1-26-20(23-24-25-26)14-6-4-8-16(12-14)22-19(27)11-5-7-15-13-21-18-10-3-2-9-17(15)18/h2-4,6,8-10,12-13,21H,5,7,11H2,1H3,(H,22,27). The number of nitrogens with one attached hydrogen (secondary N) is 2.